The highest BCUT2D eigenvalue weighted by atomic mass is 35.5. The van der Waals surface area contributed by atoms with Gasteiger partial charge in [-0.15, -0.1) is 0 Å². The molecule has 22 heavy (non-hydrogen) atoms. The van der Waals surface area contributed by atoms with E-state index in [1.807, 2.05) is 6.92 Å². The minimum atomic E-state index is -0.721. The Morgan fingerprint density at radius 2 is 2.18 bits per heavy atom. The number of aliphatic hydroxyl groups excluding tert-OH is 1. The molecule has 120 valence electrons. The molecule has 1 aromatic carbocycles. The van der Waals surface area contributed by atoms with Crippen molar-refractivity contribution in [2.75, 3.05) is 31.1 Å². The summed E-state index contributed by atoms with van der Waals surface area (Å²) in [6.07, 6.45) is 0.433. The average molecular weight is 345 g/mol. The first kappa shape index (κ1) is 17.1. The fourth-order valence-corrected chi connectivity index (χ4v) is 2.99. The van der Waals surface area contributed by atoms with E-state index in [-0.39, 0.29) is 25.0 Å². The van der Waals surface area contributed by atoms with Gasteiger partial charge in [0.1, 0.15) is 5.92 Å². The van der Waals surface area contributed by atoms with Crippen molar-refractivity contribution in [1.29, 1.82) is 0 Å². The van der Waals surface area contributed by atoms with E-state index >= 15 is 0 Å². The third kappa shape index (κ3) is 3.37. The van der Waals surface area contributed by atoms with E-state index in [0.717, 1.165) is 0 Å². The second kappa shape index (κ2) is 7.31. The van der Waals surface area contributed by atoms with Gasteiger partial charge in [-0.25, -0.2) is 0 Å². The van der Waals surface area contributed by atoms with Gasteiger partial charge in [-0.05, 0) is 31.5 Å². The monoisotopic (exact) mass is 344 g/mol. The molecule has 0 aromatic heterocycles. The molecule has 1 unspecified atom stereocenters. The molecule has 1 saturated heterocycles. The number of benzene rings is 1. The van der Waals surface area contributed by atoms with E-state index in [2.05, 4.69) is 0 Å². The summed E-state index contributed by atoms with van der Waals surface area (Å²) in [6.45, 7) is 2.81. The summed E-state index contributed by atoms with van der Waals surface area (Å²) in [6, 6.07) is 4.91. The number of aliphatic hydroxyl groups is 1. The predicted molar refractivity (Wildman–Crippen MR) is 86.3 cm³/mol. The molecule has 1 heterocycles. The summed E-state index contributed by atoms with van der Waals surface area (Å²) < 4.78 is 0. The predicted octanol–water partition coefficient (Wildman–Crippen LogP) is 2.19. The number of carbonyl (C=O) groups is 2. The zero-order valence-corrected chi connectivity index (χ0v) is 13.8. The van der Waals surface area contributed by atoms with Crippen molar-refractivity contribution in [3.8, 4) is 0 Å². The number of anilines is 1. The average Bonchev–Trinajstić information content (AvgIpc) is 2.88. The number of halogens is 2. The number of carbonyl (C=O) groups excluding carboxylic acids is 2. The first-order chi connectivity index (χ1) is 10.5. The third-order valence-corrected chi connectivity index (χ3v) is 4.32. The van der Waals surface area contributed by atoms with Crippen LogP contribution in [0.15, 0.2) is 18.2 Å². The standard InChI is InChI=1S/C15H18Cl2N2O3/c1-2-18(7-8-20)14(21)11-5-6-19(15(11)22)13-9-10(16)3-4-12(13)17/h3-4,9,11,20H,2,5-8H2,1H3. The molecule has 1 N–H and O–H groups in total. The van der Waals surface area contributed by atoms with Crippen LogP contribution in [0, 0.1) is 5.92 Å². The lowest BCUT2D eigenvalue weighted by molar-refractivity contribution is -0.140. The largest absolute Gasteiger partial charge is 0.395 e. The molecule has 1 fully saturated rings. The summed E-state index contributed by atoms with van der Waals surface area (Å²) in [5.41, 5.74) is 0.527. The maximum absolute atomic E-state index is 12.5. The Hall–Kier alpha value is -1.30. The van der Waals surface area contributed by atoms with Crippen molar-refractivity contribution >= 4 is 40.7 Å². The fraction of sp³-hybridized carbons (Fsp3) is 0.467. The van der Waals surface area contributed by atoms with Crippen molar-refractivity contribution in [3.63, 3.8) is 0 Å². The number of amides is 2. The van der Waals surface area contributed by atoms with Gasteiger partial charge in [0, 0.05) is 24.7 Å². The molecule has 2 rings (SSSR count). The normalized spacial score (nSPS) is 17.9. The molecule has 1 aliphatic heterocycles. The molecule has 0 radical (unpaired) electrons. The Morgan fingerprint density at radius 1 is 1.45 bits per heavy atom. The lowest BCUT2D eigenvalue weighted by atomic mass is 10.1. The van der Waals surface area contributed by atoms with Crippen LogP contribution in [-0.4, -0.2) is 48.1 Å². The Morgan fingerprint density at radius 3 is 2.82 bits per heavy atom. The maximum Gasteiger partial charge on any atom is 0.239 e. The lowest BCUT2D eigenvalue weighted by Crippen LogP contribution is -2.41. The quantitative estimate of drug-likeness (QED) is 0.833. The Bertz CT molecular complexity index is 580. The summed E-state index contributed by atoms with van der Waals surface area (Å²) in [7, 11) is 0. The van der Waals surface area contributed by atoms with E-state index in [9.17, 15) is 9.59 Å². The number of hydrogen-bond acceptors (Lipinski definition) is 3. The summed E-state index contributed by atoms with van der Waals surface area (Å²) in [5, 5.41) is 9.91. The lowest BCUT2D eigenvalue weighted by Gasteiger charge is -2.23. The first-order valence-electron chi connectivity index (χ1n) is 7.15. The van der Waals surface area contributed by atoms with Crippen molar-refractivity contribution < 1.29 is 14.7 Å². The minimum Gasteiger partial charge on any atom is -0.395 e. The van der Waals surface area contributed by atoms with Crippen LogP contribution in [0.2, 0.25) is 10.0 Å². The third-order valence-electron chi connectivity index (χ3n) is 3.77. The molecule has 0 bridgehead atoms. The molecule has 0 saturated carbocycles. The molecule has 1 aliphatic rings. The van der Waals surface area contributed by atoms with Crippen LogP contribution in [0.25, 0.3) is 0 Å². The zero-order valence-electron chi connectivity index (χ0n) is 12.3. The Kier molecular flexibility index (Phi) is 5.67. The van der Waals surface area contributed by atoms with Gasteiger partial charge in [0.15, 0.2) is 0 Å². The molecule has 1 aromatic rings. The highest BCUT2D eigenvalue weighted by molar-refractivity contribution is 6.36. The van der Waals surface area contributed by atoms with Gasteiger partial charge < -0.3 is 14.9 Å². The second-order valence-electron chi connectivity index (χ2n) is 5.07. The zero-order chi connectivity index (χ0) is 16.3. The highest BCUT2D eigenvalue weighted by Gasteiger charge is 2.39. The second-order valence-corrected chi connectivity index (χ2v) is 5.91. The fourth-order valence-electron chi connectivity index (χ4n) is 2.61. The Balaban J connectivity index is 2.19. The van der Waals surface area contributed by atoms with Gasteiger partial charge in [0.05, 0.1) is 17.3 Å². The van der Waals surface area contributed by atoms with Gasteiger partial charge in [-0.3, -0.25) is 9.59 Å². The van der Waals surface area contributed by atoms with E-state index in [1.165, 1.54) is 9.80 Å². The molecule has 1 atom stereocenters. The minimum absolute atomic E-state index is 0.121. The smallest absolute Gasteiger partial charge is 0.239 e. The van der Waals surface area contributed by atoms with Crippen molar-refractivity contribution in [2.45, 2.75) is 13.3 Å². The first-order valence-corrected chi connectivity index (χ1v) is 7.91. The number of rotatable bonds is 5. The number of nitrogens with zero attached hydrogens (tertiary/aromatic N) is 2. The SMILES string of the molecule is CCN(CCO)C(=O)C1CCN(c2cc(Cl)ccc2Cl)C1=O. The number of likely N-dealkylation sites (N-methyl/N-ethyl adjacent to an activating group) is 1. The van der Waals surface area contributed by atoms with Gasteiger partial charge in [-0.1, -0.05) is 23.2 Å². The van der Waals surface area contributed by atoms with E-state index < -0.39 is 5.92 Å². The van der Waals surface area contributed by atoms with Crippen LogP contribution >= 0.6 is 23.2 Å². The molecular weight excluding hydrogens is 327 g/mol. The summed E-state index contributed by atoms with van der Waals surface area (Å²) in [5.74, 6) is -1.24. The summed E-state index contributed by atoms with van der Waals surface area (Å²) in [4.78, 5) is 28.0. The van der Waals surface area contributed by atoms with Crippen molar-refractivity contribution in [2.24, 2.45) is 5.92 Å². The molecule has 5 nitrogen and oxygen atoms in total. The van der Waals surface area contributed by atoms with Gasteiger partial charge in [0.25, 0.3) is 0 Å². The molecule has 0 spiro atoms. The van der Waals surface area contributed by atoms with Crippen LogP contribution in [-0.2, 0) is 9.59 Å². The van der Waals surface area contributed by atoms with Crippen LogP contribution in [0.1, 0.15) is 13.3 Å². The van der Waals surface area contributed by atoms with Crippen LogP contribution in [0.5, 0.6) is 0 Å². The molecule has 7 heteroatoms. The van der Waals surface area contributed by atoms with Gasteiger partial charge in [-0.2, -0.15) is 0 Å². The topological polar surface area (TPSA) is 60.9 Å². The molecule has 2 amide bonds. The maximum atomic E-state index is 12.5. The van der Waals surface area contributed by atoms with Gasteiger partial charge in [0.2, 0.25) is 11.8 Å². The van der Waals surface area contributed by atoms with E-state index in [1.54, 1.807) is 18.2 Å². The van der Waals surface area contributed by atoms with E-state index in [0.29, 0.717) is 35.2 Å². The summed E-state index contributed by atoms with van der Waals surface area (Å²) >= 11 is 12.1. The van der Waals surface area contributed by atoms with Crippen LogP contribution in [0.4, 0.5) is 5.69 Å². The van der Waals surface area contributed by atoms with Crippen molar-refractivity contribution in [1.82, 2.24) is 4.90 Å². The highest BCUT2D eigenvalue weighted by Crippen LogP contribution is 2.33. The van der Waals surface area contributed by atoms with Crippen molar-refractivity contribution in [3.05, 3.63) is 28.2 Å². The van der Waals surface area contributed by atoms with Crippen LogP contribution < -0.4 is 4.90 Å². The van der Waals surface area contributed by atoms with E-state index in [4.69, 9.17) is 28.3 Å². The van der Waals surface area contributed by atoms with Gasteiger partial charge >= 0.3 is 0 Å². The molecular formula is C15H18Cl2N2O3. The molecule has 0 aliphatic carbocycles. The number of hydrogen-bond donors (Lipinski definition) is 1. The Labute approximate surface area is 139 Å². The van der Waals surface area contributed by atoms with Crippen LogP contribution in [0.3, 0.4) is 0 Å².